The number of aromatic nitrogens is 2. The van der Waals surface area contributed by atoms with E-state index in [2.05, 4.69) is 22.4 Å². The number of alkyl halides is 3. The molecule has 2 aromatic carbocycles. The molecule has 1 atom stereocenters. The lowest BCUT2D eigenvalue weighted by Crippen LogP contribution is -2.21. The van der Waals surface area contributed by atoms with Crippen LogP contribution in [-0.2, 0) is 11.2 Å². The summed E-state index contributed by atoms with van der Waals surface area (Å²) in [5, 5.41) is 20.8. The van der Waals surface area contributed by atoms with Crippen molar-refractivity contribution in [1.29, 1.82) is 0 Å². The number of fused-ring (bicyclic) bond motifs is 1. The van der Waals surface area contributed by atoms with E-state index in [4.69, 9.17) is 21.5 Å². The lowest BCUT2D eigenvalue weighted by atomic mass is 10.1. The van der Waals surface area contributed by atoms with Gasteiger partial charge in [-0.2, -0.15) is 13.2 Å². The zero-order chi connectivity index (χ0) is 20.7. The van der Waals surface area contributed by atoms with Crippen LogP contribution < -0.4 is 5.32 Å². The smallest absolute Gasteiger partial charge is 0.475 e. The highest BCUT2D eigenvalue weighted by atomic mass is 35.5. The van der Waals surface area contributed by atoms with Crippen LogP contribution in [0, 0.1) is 0 Å². The second-order valence-corrected chi connectivity index (χ2v) is 6.34. The van der Waals surface area contributed by atoms with Gasteiger partial charge in [0.15, 0.2) is 0 Å². The van der Waals surface area contributed by atoms with E-state index in [0.717, 1.165) is 33.7 Å². The van der Waals surface area contributed by atoms with E-state index in [1.807, 2.05) is 54.6 Å². The maximum atomic E-state index is 10.6. The van der Waals surface area contributed by atoms with Crippen molar-refractivity contribution in [1.82, 2.24) is 10.2 Å². The monoisotopic (exact) mass is 411 g/mol. The van der Waals surface area contributed by atoms with Gasteiger partial charge in [-0.25, -0.2) is 4.79 Å². The first-order valence-electron chi connectivity index (χ1n) is 8.19. The number of carboxylic acids is 1. The lowest BCUT2D eigenvalue weighted by molar-refractivity contribution is -0.192. The van der Waals surface area contributed by atoms with Gasteiger partial charge in [-0.3, -0.25) is 0 Å². The van der Waals surface area contributed by atoms with Gasteiger partial charge in [0.05, 0.1) is 5.52 Å². The Hall–Kier alpha value is -2.87. The van der Waals surface area contributed by atoms with E-state index < -0.39 is 12.1 Å². The molecule has 9 heteroatoms. The molecule has 0 fully saturated rings. The van der Waals surface area contributed by atoms with Crippen molar-refractivity contribution < 1.29 is 23.1 Å². The third kappa shape index (κ3) is 6.38. The van der Waals surface area contributed by atoms with Crippen LogP contribution in [0.25, 0.3) is 10.9 Å². The fraction of sp³-hybridized carbons (Fsp3) is 0.211. The van der Waals surface area contributed by atoms with Crippen LogP contribution in [0.2, 0.25) is 5.02 Å². The Labute approximate surface area is 164 Å². The van der Waals surface area contributed by atoms with E-state index >= 15 is 0 Å². The van der Waals surface area contributed by atoms with Gasteiger partial charge < -0.3 is 10.4 Å². The van der Waals surface area contributed by atoms with Crippen molar-refractivity contribution in [2.45, 2.75) is 25.6 Å². The summed E-state index contributed by atoms with van der Waals surface area (Å²) < 4.78 is 31.7. The Kier molecular flexibility index (Phi) is 7.17. The fourth-order valence-electron chi connectivity index (χ4n) is 2.35. The summed E-state index contributed by atoms with van der Waals surface area (Å²) in [7, 11) is 0. The van der Waals surface area contributed by atoms with E-state index in [-0.39, 0.29) is 6.04 Å². The van der Waals surface area contributed by atoms with Crippen LogP contribution in [0.5, 0.6) is 0 Å². The summed E-state index contributed by atoms with van der Waals surface area (Å²) in [5.74, 6) is -1.97. The molecular weight excluding hydrogens is 395 g/mol. The van der Waals surface area contributed by atoms with Gasteiger partial charge in [0.2, 0.25) is 0 Å². The van der Waals surface area contributed by atoms with Gasteiger partial charge in [0, 0.05) is 16.5 Å². The van der Waals surface area contributed by atoms with Crippen LogP contribution in [0.1, 0.15) is 12.5 Å². The minimum absolute atomic E-state index is 0.223. The number of aliphatic carboxylic acids is 1. The molecule has 1 unspecified atom stereocenters. The Morgan fingerprint density at radius 3 is 2.39 bits per heavy atom. The van der Waals surface area contributed by atoms with Gasteiger partial charge in [-0.1, -0.05) is 48.0 Å². The average Bonchev–Trinajstić information content (AvgIpc) is 2.63. The van der Waals surface area contributed by atoms with E-state index in [9.17, 15) is 13.2 Å². The van der Waals surface area contributed by atoms with Gasteiger partial charge in [-0.05, 0) is 37.1 Å². The molecule has 2 N–H and O–H groups in total. The first-order valence-corrected chi connectivity index (χ1v) is 8.57. The molecular formula is C19H17ClF3N3O2. The van der Waals surface area contributed by atoms with Crippen LogP contribution in [0.4, 0.5) is 19.0 Å². The molecule has 3 aromatic rings. The number of hydrogen-bond acceptors (Lipinski definition) is 4. The summed E-state index contributed by atoms with van der Waals surface area (Å²) in [6.07, 6.45) is -4.24. The van der Waals surface area contributed by atoms with Crippen molar-refractivity contribution in [3.8, 4) is 0 Å². The second kappa shape index (κ2) is 9.36. The number of rotatable bonds is 4. The molecule has 0 saturated carbocycles. The van der Waals surface area contributed by atoms with Crippen molar-refractivity contribution in [2.24, 2.45) is 0 Å². The number of hydrogen-bond donors (Lipinski definition) is 2. The van der Waals surface area contributed by atoms with Crippen molar-refractivity contribution in [2.75, 3.05) is 5.32 Å². The molecule has 0 spiro atoms. The van der Waals surface area contributed by atoms with Gasteiger partial charge in [-0.15, -0.1) is 10.2 Å². The Balaban J connectivity index is 0.000000345. The van der Waals surface area contributed by atoms with E-state index in [1.54, 1.807) is 0 Å². The van der Waals surface area contributed by atoms with Crippen LogP contribution >= 0.6 is 11.6 Å². The number of nitrogens with zero attached hydrogens (tertiary/aromatic N) is 2. The molecule has 0 amide bonds. The summed E-state index contributed by atoms with van der Waals surface area (Å²) in [6, 6.07) is 18.1. The molecule has 0 saturated heterocycles. The summed E-state index contributed by atoms with van der Waals surface area (Å²) in [5.41, 5.74) is 2.04. The first-order chi connectivity index (χ1) is 13.2. The second-order valence-electron chi connectivity index (χ2n) is 5.93. The zero-order valence-electron chi connectivity index (χ0n) is 14.7. The molecule has 1 heterocycles. The fourth-order valence-corrected chi connectivity index (χ4v) is 2.57. The van der Waals surface area contributed by atoms with E-state index in [1.165, 1.54) is 0 Å². The van der Waals surface area contributed by atoms with Crippen molar-refractivity contribution >= 4 is 34.3 Å². The summed E-state index contributed by atoms with van der Waals surface area (Å²) >= 11 is 6.19. The molecule has 0 aliphatic carbocycles. The summed E-state index contributed by atoms with van der Waals surface area (Å²) in [4.78, 5) is 8.90. The molecule has 28 heavy (non-hydrogen) atoms. The van der Waals surface area contributed by atoms with Gasteiger partial charge in [0.1, 0.15) is 5.82 Å². The molecule has 0 bridgehead atoms. The highest BCUT2D eigenvalue weighted by Gasteiger charge is 2.38. The highest BCUT2D eigenvalue weighted by molar-refractivity contribution is 6.31. The third-order valence-corrected chi connectivity index (χ3v) is 3.98. The zero-order valence-corrected chi connectivity index (χ0v) is 15.5. The average molecular weight is 412 g/mol. The highest BCUT2D eigenvalue weighted by Crippen LogP contribution is 2.19. The van der Waals surface area contributed by atoms with Crippen LogP contribution in [0.3, 0.4) is 0 Å². The van der Waals surface area contributed by atoms with Gasteiger partial charge >= 0.3 is 12.1 Å². The number of nitrogens with one attached hydrogen (secondary N) is 1. The summed E-state index contributed by atoms with van der Waals surface area (Å²) in [6.45, 7) is 2.11. The normalized spacial score (nSPS) is 12.0. The lowest BCUT2D eigenvalue weighted by Gasteiger charge is -2.15. The van der Waals surface area contributed by atoms with Crippen LogP contribution in [-0.4, -0.2) is 33.5 Å². The maximum Gasteiger partial charge on any atom is 0.490 e. The Morgan fingerprint density at radius 1 is 1.14 bits per heavy atom. The quantitative estimate of drug-likeness (QED) is 0.634. The molecule has 0 aliphatic heterocycles. The first kappa shape index (κ1) is 21.4. The minimum atomic E-state index is -5.08. The molecule has 1 aromatic heterocycles. The molecule has 0 radical (unpaired) electrons. The Morgan fingerprint density at radius 2 is 1.75 bits per heavy atom. The Bertz CT molecular complexity index is 951. The van der Waals surface area contributed by atoms with Crippen molar-refractivity contribution in [3.63, 3.8) is 0 Å². The largest absolute Gasteiger partial charge is 0.490 e. The van der Waals surface area contributed by atoms with Crippen LogP contribution in [0.15, 0.2) is 54.6 Å². The number of benzene rings is 2. The van der Waals surface area contributed by atoms with Gasteiger partial charge in [0.25, 0.3) is 0 Å². The molecule has 0 aliphatic rings. The number of carboxylic acid groups (broad SMARTS) is 1. The SMILES string of the molecule is CC(Cc1ccccc1Cl)Nc1cc2ccccc2nn1.O=C(O)C(F)(F)F. The predicted octanol–water partition coefficient (Wildman–Crippen LogP) is 4.96. The third-order valence-electron chi connectivity index (χ3n) is 3.62. The predicted molar refractivity (Wildman–Crippen MR) is 101 cm³/mol. The molecule has 148 valence electrons. The molecule has 3 rings (SSSR count). The molecule has 5 nitrogen and oxygen atoms in total. The number of halogens is 4. The van der Waals surface area contributed by atoms with E-state index in [0.29, 0.717) is 0 Å². The minimum Gasteiger partial charge on any atom is -0.475 e. The maximum absolute atomic E-state index is 10.6. The standard InChI is InChI=1S/C17H16ClN3.C2HF3O2/c1-12(10-13-6-2-4-8-15(13)18)19-17-11-14-7-3-5-9-16(14)20-21-17;3-2(4,5)1(6)7/h2-9,11-12H,10H2,1H3,(H,19,21);(H,6,7). The van der Waals surface area contributed by atoms with Crippen molar-refractivity contribution in [3.05, 3.63) is 65.2 Å². The number of anilines is 1. The topological polar surface area (TPSA) is 75.1 Å². The number of carbonyl (C=O) groups is 1.